The maximum absolute atomic E-state index is 14.2. The van der Waals surface area contributed by atoms with Crippen LogP contribution in [-0.4, -0.2) is 25.6 Å². The number of nitrogens with two attached hydrogens (primary N) is 1. The monoisotopic (exact) mass is 443 g/mol. The van der Waals surface area contributed by atoms with Gasteiger partial charge in [-0.1, -0.05) is 5.16 Å². The van der Waals surface area contributed by atoms with E-state index in [4.69, 9.17) is 10.3 Å². The quantitative estimate of drug-likeness (QED) is 0.661. The number of hydrogen-bond donors (Lipinski definition) is 1. The number of aromatic nitrogens is 4. The second kappa shape index (κ2) is 5.50. The Kier molecular flexibility index (Phi) is 3.22. The minimum atomic E-state index is -0.652. The van der Waals surface area contributed by atoms with Crippen molar-refractivity contribution in [3.63, 3.8) is 0 Å². The minimum absolute atomic E-state index is 0.109. The molecule has 3 aromatic rings. The first kappa shape index (κ1) is 16.4. The summed E-state index contributed by atoms with van der Waals surface area (Å²) in [5.41, 5.74) is 7.93. The average molecular weight is 444 g/mol. The lowest BCUT2D eigenvalue weighted by atomic mass is 9.75. The summed E-state index contributed by atoms with van der Waals surface area (Å²) in [6, 6.07) is 3.41. The van der Waals surface area contributed by atoms with Gasteiger partial charge in [-0.2, -0.15) is 4.98 Å². The van der Waals surface area contributed by atoms with Crippen LogP contribution >= 0.6 is 15.9 Å². The molecule has 2 N–H and O–H groups in total. The molecule has 4 heterocycles. The van der Waals surface area contributed by atoms with Crippen LogP contribution < -0.4 is 5.73 Å². The first-order valence-electron chi connectivity index (χ1n) is 9.26. The molecule has 1 amide bonds. The molecule has 7 nitrogen and oxygen atoms in total. The summed E-state index contributed by atoms with van der Waals surface area (Å²) in [6.45, 7) is 0. The summed E-state index contributed by atoms with van der Waals surface area (Å²) < 4.78 is 22.0. The smallest absolute Gasteiger partial charge is 0.277 e. The number of rotatable bonds is 3. The fraction of sp³-hybridized carbons (Fsp3) is 0.368. The van der Waals surface area contributed by atoms with Crippen LogP contribution in [0.25, 0.3) is 23.0 Å². The van der Waals surface area contributed by atoms with Crippen molar-refractivity contribution in [3.8, 4) is 23.0 Å². The summed E-state index contributed by atoms with van der Waals surface area (Å²) in [7, 11) is 0. The summed E-state index contributed by atoms with van der Waals surface area (Å²) in [6.07, 6.45) is 3.77. The van der Waals surface area contributed by atoms with Crippen molar-refractivity contribution in [2.45, 2.75) is 43.6 Å². The van der Waals surface area contributed by atoms with Crippen LogP contribution in [0.2, 0.25) is 0 Å². The van der Waals surface area contributed by atoms with Crippen molar-refractivity contribution in [2.24, 2.45) is 5.73 Å². The zero-order valence-electron chi connectivity index (χ0n) is 14.7. The molecule has 142 valence electrons. The molecule has 0 saturated heterocycles. The van der Waals surface area contributed by atoms with Gasteiger partial charge < -0.3 is 14.8 Å². The molecule has 2 saturated carbocycles. The predicted molar refractivity (Wildman–Crippen MR) is 100 cm³/mol. The Labute approximate surface area is 167 Å². The number of carbonyl (C=O) groups excluding carboxylic acids is 1. The van der Waals surface area contributed by atoms with E-state index >= 15 is 0 Å². The van der Waals surface area contributed by atoms with Crippen molar-refractivity contribution >= 4 is 21.8 Å². The maximum atomic E-state index is 14.2. The molecular formula is C19H15BrFN5O2. The maximum Gasteiger partial charge on any atom is 0.277 e. The molecule has 2 aliphatic carbocycles. The van der Waals surface area contributed by atoms with Gasteiger partial charge in [0.2, 0.25) is 0 Å². The van der Waals surface area contributed by atoms with E-state index in [9.17, 15) is 9.18 Å². The largest absolute Gasteiger partial charge is 0.364 e. The third-order valence-electron chi connectivity index (χ3n) is 5.98. The van der Waals surface area contributed by atoms with E-state index < -0.39 is 5.91 Å². The third kappa shape index (κ3) is 2.19. The van der Waals surface area contributed by atoms with E-state index in [2.05, 4.69) is 31.1 Å². The molecule has 9 heteroatoms. The highest BCUT2D eigenvalue weighted by Crippen LogP contribution is 2.54. The number of nitrogens with zero attached hydrogens (tertiary/aromatic N) is 4. The number of carbonyl (C=O) groups is 1. The zero-order valence-corrected chi connectivity index (χ0v) is 16.2. The van der Waals surface area contributed by atoms with E-state index in [-0.39, 0.29) is 29.4 Å². The van der Waals surface area contributed by atoms with Gasteiger partial charge in [-0.25, -0.2) is 9.37 Å². The van der Waals surface area contributed by atoms with Crippen LogP contribution in [0.15, 0.2) is 21.1 Å². The van der Waals surface area contributed by atoms with E-state index in [0.29, 0.717) is 27.7 Å². The molecule has 2 aromatic heterocycles. The van der Waals surface area contributed by atoms with Gasteiger partial charge in [-0.3, -0.25) is 4.79 Å². The number of primary amides is 1. The lowest BCUT2D eigenvalue weighted by Crippen LogP contribution is -2.24. The molecule has 0 radical (unpaired) electrons. The van der Waals surface area contributed by atoms with Gasteiger partial charge in [0.1, 0.15) is 17.3 Å². The Hall–Kier alpha value is -2.55. The van der Waals surface area contributed by atoms with E-state index in [1.165, 1.54) is 0 Å². The molecule has 7 rings (SSSR count). The van der Waals surface area contributed by atoms with Crippen molar-refractivity contribution in [1.82, 2.24) is 19.7 Å². The van der Waals surface area contributed by atoms with Crippen LogP contribution in [0.4, 0.5) is 4.39 Å². The van der Waals surface area contributed by atoms with E-state index in [0.717, 1.165) is 36.8 Å². The topological polar surface area (TPSA) is 99.8 Å². The molecule has 2 fully saturated rings. The lowest BCUT2D eigenvalue weighted by molar-refractivity contribution is 0.0996. The Morgan fingerprint density at radius 3 is 2.75 bits per heavy atom. The highest BCUT2D eigenvalue weighted by Gasteiger charge is 2.43. The zero-order chi connectivity index (χ0) is 19.2. The van der Waals surface area contributed by atoms with Crippen LogP contribution in [0.1, 0.15) is 65.4 Å². The van der Waals surface area contributed by atoms with Gasteiger partial charge in [0.15, 0.2) is 11.5 Å². The van der Waals surface area contributed by atoms with Gasteiger partial charge in [-0.15, -0.1) is 0 Å². The second-order valence-corrected chi connectivity index (χ2v) is 8.63. The van der Waals surface area contributed by atoms with Crippen molar-refractivity contribution < 1.29 is 13.7 Å². The molecule has 1 aromatic carbocycles. The van der Waals surface area contributed by atoms with Crippen LogP contribution in [-0.2, 0) is 0 Å². The van der Waals surface area contributed by atoms with Crippen molar-refractivity contribution in [3.05, 3.63) is 39.5 Å². The Morgan fingerprint density at radius 2 is 2.04 bits per heavy atom. The number of benzene rings is 1. The summed E-state index contributed by atoms with van der Waals surface area (Å²) in [5.74, 6) is 1.15. The number of hydrogen-bond acceptors (Lipinski definition) is 5. The van der Waals surface area contributed by atoms with Crippen LogP contribution in [0, 0.1) is 5.82 Å². The highest BCUT2D eigenvalue weighted by molar-refractivity contribution is 9.10. The van der Waals surface area contributed by atoms with E-state index in [1.807, 2.05) is 4.57 Å². The molecule has 0 unspecified atom stereocenters. The number of imidazole rings is 1. The molecule has 2 aliphatic heterocycles. The normalized spacial score (nSPS) is 22.2. The standard InChI is InChI=1S/C19H15BrFN5O2/c20-12-5-11-10(6-13(12)21)8-3-9(4-8)26-15(14(16(22)27)23-18(11)26)19-24-17(25-28-19)7-1-2-7/h5-9H,1-4H2,(H2,22,27). The predicted octanol–water partition coefficient (Wildman–Crippen LogP) is 3.91. The first-order valence-corrected chi connectivity index (χ1v) is 10.1. The fourth-order valence-corrected chi connectivity index (χ4v) is 4.68. The summed E-state index contributed by atoms with van der Waals surface area (Å²) >= 11 is 3.27. The van der Waals surface area contributed by atoms with Gasteiger partial charge in [0.25, 0.3) is 11.8 Å². The van der Waals surface area contributed by atoms with Crippen LogP contribution in [0.5, 0.6) is 0 Å². The van der Waals surface area contributed by atoms with Gasteiger partial charge in [0.05, 0.1) is 4.47 Å². The molecule has 0 atom stereocenters. The average Bonchev–Trinajstić information content (AvgIpc) is 3.28. The molecule has 2 bridgehead atoms. The second-order valence-electron chi connectivity index (χ2n) is 7.77. The SMILES string of the molecule is NC(=O)c1nc2n(c1-c1nc(C3CC3)no1)C1CC(C1)c1cc(F)c(Br)cc1-2. The Balaban J connectivity index is 1.62. The van der Waals surface area contributed by atoms with Crippen molar-refractivity contribution in [2.75, 3.05) is 0 Å². The minimum Gasteiger partial charge on any atom is -0.364 e. The molecule has 0 spiro atoms. The van der Waals surface area contributed by atoms with Gasteiger partial charge in [0, 0.05) is 17.5 Å². The van der Waals surface area contributed by atoms with E-state index in [1.54, 1.807) is 12.1 Å². The molecular weight excluding hydrogens is 429 g/mol. The lowest BCUT2D eigenvalue weighted by Gasteiger charge is -2.35. The van der Waals surface area contributed by atoms with Crippen molar-refractivity contribution in [1.29, 1.82) is 0 Å². The van der Waals surface area contributed by atoms with Crippen LogP contribution in [0.3, 0.4) is 0 Å². The fourth-order valence-electron chi connectivity index (χ4n) is 4.34. The third-order valence-corrected chi connectivity index (χ3v) is 6.59. The highest BCUT2D eigenvalue weighted by atomic mass is 79.9. The Morgan fingerprint density at radius 1 is 1.25 bits per heavy atom. The molecule has 28 heavy (non-hydrogen) atoms. The molecule has 4 aliphatic rings. The Bertz CT molecular complexity index is 1160. The number of halogens is 2. The number of amides is 1. The van der Waals surface area contributed by atoms with Gasteiger partial charge in [-0.05, 0) is 65.2 Å². The van der Waals surface area contributed by atoms with Gasteiger partial charge >= 0.3 is 0 Å². The summed E-state index contributed by atoms with van der Waals surface area (Å²) in [5, 5.41) is 4.08. The first-order chi connectivity index (χ1) is 13.5. The summed E-state index contributed by atoms with van der Waals surface area (Å²) in [4.78, 5) is 21.3.